The van der Waals surface area contributed by atoms with Crippen molar-refractivity contribution in [3.8, 4) is 6.07 Å². The summed E-state index contributed by atoms with van der Waals surface area (Å²) in [6.07, 6.45) is 7.04. The quantitative estimate of drug-likeness (QED) is 0.858. The highest BCUT2D eigenvalue weighted by Crippen LogP contribution is 2.26. The van der Waals surface area contributed by atoms with Crippen LogP contribution in [-0.2, 0) is 4.79 Å². The molecule has 0 spiro atoms. The molecule has 0 atom stereocenters. The Morgan fingerprint density at radius 1 is 1.44 bits per heavy atom. The van der Waals surface area contributed by atoms with Crippen LogP contribution < -0.4 is 4.90 Å². The van der Waals surface area contributed by atoms with Crippen molar-refractivity contribution in [3.63, 3.8) is 0 Å². The fraction of sp³-hybridized carbons (Fsp3) is 0.500. The maximum absolute atomic E-state index is 10.9. The third kappa shape index (κ3) is 2.74. The zero-order chi connectivity index (χ0) is 13.0. The summed E-state index contributed by atoms with van der Waals surface area (Å²) in [6.45, 7) is -0.0781. The van der Waals surface area contributed by atoms with Gasteiger partial charge in [-0.1, -0.05) is 12.8 Å². The molecule has 1 aromatic heterocycles. The van der Waals surface area contributed by atoms with Gasteiger partial charge in [-0.15, -0.1) is 0 Å². The van der Waals surface area contributed by atoms with E-state index in [1.165, 1.54) is 12.4 Å². The summed E-state index contributed by atoms with van der Waals surface area (Å²) in [5.41, 5.74) is 0.237. The monoisotopic (exact) mass is 246 g/mol. The average Bonchev–Trinajstić information content (AvgIpc) is 2.89. The molecule has 1 aromatic rings. The number of nitrogens with zero attached hydrogens (tertiary/aromatic N) is 4. The van der Waals surface area contributed by atoms with Gasteiger partial charge in [0.1, 0.15) is 18.4 Å². The molecule has 1 N–H and O–H groups in total. The largest absolute Gasteiger partial charge is 0.480 e. The minimum Gasteiger partial charge on any atom is -0.480 e. The molecule has 0 aromatic carbocycles. The number of carboxylic acids is 1. The first-order valence-corrected chi connectivity index (χ1v) is 5.91. The van der Waals surface area contributed by atoms with Crippen molar-refractivity contribution < 1.29 is 9.90 Å². The Hall–Kier alpha value is -2.16. The van der Waals surface area contributed by atoms with Crippen LogP contribution in [0, 0.1) is 11.3 Å². The van der Waals surface area contributed by atoms with Gasteiger partial charge in [-0.25, -0.2) is 9.97 Å². The lowest BCUT2D eigenvalue weighted by Crippen LogP contribution is -2.38. The van der Waals surface area contributed by atoms with Gasteiger partial charge >= 0.3 is 5.97 Å². The van der Waals surface area contributed by atoms with E-state index < -0.39 is 5.97 Å². The summed E-state index contributed by atoms with van der Waals surface area (Å²) >= 11 is 0. The number of rotatable bonds is 4. The van der Waals surface area contributed by atoms with Crippen LogP contribution in [-0.4, -0.2) is 33.6 Å². The van der Waals surface area contributed by atoms with Crippen molar-refractivity contribution in [1.29, 1.82) is 5.26 Å². The Labute approximate surface area is 105 Å². The Kier molecular flexibility index (Phi) is 3.72. The second-order valence-corrected chi connectivity index (χ2v) is 4.33. The zero-order valence-corrected chi connectivity index (χ0v) is 9.91. The second-order valence-electron chi connectivity index (χ2n) is 4.33. The van der Waals surface area contributed by atoms with E-state index in [0.29, 0.717) is 5.82 Å². The van der Waals surface area contributed by atoms with Crippen molar-refractivity contribution in [2.45, 2.75) is 31.7 Å². The van der Waals surface area contributed by atoms with Gasteiger partial charge in [0.05, 0.1) is 12.4 Å². The molecule has 1 aliphatic rings. The van der Waals surface area contributed by atoms with Crippen LogP contribution >= 0.6 is 0 Å². The van der Waals surface area contributed by atoms with Gasteiger partial charge < -0.3 is 10.0 Å². The summed E-state index contributed by atoms with van der Waals surface area (Å²) in [5, 5.41) is 17.6. The number of aliphatic carboxylic acids is 1. The topological polar surface area (TPSA) is 90.1 Å². The van der Waals surface area contributed by atoms with Crippen molar-refractivity contribution in [2.24, 2.45) is 0 Å². The fourth-order valence-corrected chi connectivity index (χ4v) is 2.29. The number of hydrogen-bond donors (Lipinski definition) is 1. The number of aromatic nitrogens is 2. The van der Waals surface area contributed by atoms with Gasteiger partial charge in [0.15, 0.2) is 5.69 Å². The third-order valence-electron chi connectivity index (χ3n) is 3.12. The van der Waals surface area contributed by atoms with Gasteiger partial charge in [-0.2, -0.15) is 5.26 Å². The first-order chi connectivity index (χ1) is 8.70. The molecule has 1 heterocycles. The van der Waals surface area contributed by atoms with Gasteiger partial charge in [0.25, 0.3) is 0 Å². The molecule has 0 amide bonds. The molecule has 6 nitrogen and oxygen atoms in total. The molecule has 1 saturated carbocycles. The number of carboxylic acid groups (broad SMARTS) is 1. The zero-order valence-electron chi connectivity index (χ0n) is 9.91. The van der Waals surface area contributed by atoms with Crippen LogP contribution in [0.4, 0.5) is 5.82 Å². The van der Waals surface area contributed by atoms with Crippen LogP contribution in [0.15, 0.2) is 12.4 Å². The lowest BCUT2D eigenvalue weighted by atomic mass is 10.2. The van der Waals surface area contributed by atoms with E-state index in [2.05, 4.69) is 9.97 Å². The summed E-state index contributed by atoms with van der Waals surface area (Å²) in [6, 6.07) is 2.11. The van der Waals surface area contributed by atoms with E-state index in [1.54, 1.807) is 4.90 Å². The minimum absolute atomic E-state index is 0.0781. The fourth-order valence-electron chi connectivity index (χ4n) is 2.29. The highest BCUT2D eigenvalue weighted by Gasteiger charge is 2.25. The summed E-state index contributed by atoms with van der Waals surface area (Å²) in [7, 11) is 0. The first-order valence-electron chi connectivity index (χ1n) is 5.91. The molecule has 1 aliphatic carbocycles. The Balaban J connectivity index is 2.21. The average molecular weight is 246 g/mol. The van der Waals surface area contributed by atoms with E-state index >= 15 is 0 Å². The van der Waals surface area contributed by atoms with Crippen LogP contribution in [0.3, 0.4) is 0 Å². The molecule has 6 heteroatoms. The van der Waals surface area contributed by atoms with Crippen molar-refractivity contribution in [1.82, 2.24) is 9.97 Å². The molecular weight excluding hydrogens is 232 g/mol. The van der Waals surface area contributed by atoms with E-state index in [9.17, 15) is 4.79 Å². The predicted molar refractivity (Wildman–Crippen MR) is 64.0 cm³/mol. The van der Waals surface area contributed by atoms with E-state index in [-0.39, 0.29) is 18.3 Å². The summed E-state index contributed by atoms with van der Waals surface area (Å²) < 4.78 is 0. The smallest absolute Gasteiger partial charge is 0.323 e. The van der Waals surface area contributed by atoms with Gasteiger partial charge in [-0.3, -0.25) is 4.79 Å². The molecule has 0 saturated heterocycles. The maximum Gasteiger partial charge on any atom is 0.323 e. The number of carbonyl (C=O) groups is 1. The molecule has 0 radical (unpaired) electrons. The predicted octanol–water partition coefficient (Wildman–Crippen LogP) is 1.18. The van der Waals surface area contributed by atoms with Crippen molar-refractivity contribution >= 4 is 11.8 Å². The van der Waals surface area contributed by atoms with Crippen LogP contribution in [0.1, 0.15) is 31.4 Å². The van der Waals surface area contributed by atoms with E-state index in [1.807, 2.05) is 6.07 Å². The highest BCUT2D eigenvalue weighted by molar-refractivity contribution is 5.73. The van der Waals surface area contributed by atoms with Crippen LogP contribution in [0.2, 0.25) is 0 Å². The lowest BCUT2D eigenvalue weighted by molar-refractivity contribution is -0.135. The van der Waals surface area contributed by atoms with Gasteiger partial charge in [-0.05, 0) is 12.8 Å². The number of anilines is 1. The van der Waals surface area contributed by atoms with Crippen molar-refractivity contribution in [2.75, 3.05) is 11.4 Å². The highest BCUT2D eigenvalue weighted by atomic mass is 16.4. The maximum atomic E-state index is 10.9. The third-order valence-corrected chi connectivity index (χ3v) is 3.12. The summed E-state index contributed by atoms with van der Waals surface area (Å²) in [4.78, 5) is 20.8. The first kappa shape index (κ1) is 12.3. The van der Waals surface area contributed by atoms with Crippen LogP contribution in [0.25, 0.3) is 0 Å². The Morgan fingerprint density at radius 3 is 2.67 bits per heavy atom. The van der Waals surface area contributed by atoms with Gasteiger partial charge in [0, 0.05) is 6.04 Å². The molecule has 0 aliphatic heterocycles. The van der Waals surface area contributed by atoms with Gasteiger partial charge in [0.2, 0.25) is 0 Å². The molecule has 94 valence electrons. The molecule has 0 unspecified atom stereocenters. The second kappa shape index (κ2) is 5.45. The van der Waals surface area contributed by atoms with E-state index in [4.69, 9.17) is 10.4 Å². The van der Waals surface area contributed by atoms with Crippen molar-refractivity contribution in [3.05, 3.63) is 18.1 Å². The molecule has 0 bridgehead atoms. The Morgan fingerprint density at radius 2 is 2.17 bits per heavy atom. The molecule has 2 rings (SSSR count). The normalized spacial score (nSPS) is 15.3. The minimum atomic E-state index is -0.881. The standard InChI is InChI=1S/C12H14N4O2/c13-5-9-6-15-11(7-14-9)16(8-12(17)18)10-3-1-2-4-10/h6-7,10H,1-4,8H2,(H,17,18). The van der Waals surface area contributed by atoms with Crippen LogP contribution in [0.5, 0.6) is 0 Å². The van der Waals surface area contributed by atoms with E-state index in [0.717, 1.165) is 25.7 Å². The number of nitriles is 1. The molecular formula is C12H14N4O2. The molecule has 18 heavy (non-hydrogen) atoms. The lowest BCUT2D eigenvalue weighted by Gasteiger charge is -2.27. The Bertz CT molecular complexity index is 460. The SMILES string of the molecule is N#Cc1cnc(N(CC(=O)O)C2CCCC2)cn1. The summed E-state index contributed by atoms with van der Waals surface area (Å²) in [5.74, 6) is -0.351. The molecule has 1 fully saturated rings. The number of hydrogen-bond acceptors (Lipinski definition) is 5.